The van der Waals surface area contributed by atoms with E-state index in [4.69, 9.17) is 15.6 Å². The highest BCUT2D eigenvalue weighted by molar-refractivity contribution is 4.77. The summed E-state index contributed by atoms with van der Waals surface area (Å²) in [6, 6.07) is 0.560. The van der Waals surface area contributed by atoms with Crippen LogP contribution in [0.15, 0.2) is 0 Å². The van der Waals surface area contributed by atoms with E-state index >= 15 is 0 Å². The summed E-state index contributed by atoms with van der Waals surface area (Å²) in [6.07, 6.45) is 0.760. The largest absolute Gasteiger partial charge is 0.396 e. The average molecular weight is 204 g/mol. The summed E-state index contributed by atoms with van der Waals surface area (Å²) >= 11 is 0. The van der Waals surface area contributed by atoms with Gasteiger partial charge in [-0.3, -0.25) is 0 Å². The molecule has 0 aromatic rings. The van der Waals surface area contributed by atoms with E-state index in [1.165, 1.54) is 0 Å². The molecule has 3 atom stereocenters. The quantitative estimate of drug-likeness (QED) is 0.519. The molecule has 4 N–H and O–H groups in total. The van der Waals surface area contributed by atoms with Gasteiger partial charge in [0.15, 0.2) is 0 Å². The summed E-state index contributed by atoms with van der Waals surface area (Å²) in [4.78, 5) is 0. The van der Waals surface area contributed by atoms with E-state index in [9.17, 15) is 0 Å². The lowest BCUT2D eigenvalue weighted by molar-refractivity contribution is 0.135. The van der Waals surface area contributed by atoms with Crippen molar-refractivity contribution >= 4 is 0 Å². The van der Waals surface area contributed by atoms with Crippen LogP contribution in [-0.2, 0) is 4.74 Å². The Hall–Kier alpha value is -0.160. The third-order valence-corrected chi connectivity index (χ3v) is 2.43. The van der Waals surface area contributed by atoms with Crippen molar-refractivity contribution in [2.45, 2.75) is 32.4 Å². The number of nitrogens with two attached hydrogens (primary N) is 1. The van der Waals surface area contributed by atoms with Crippen LogP contribution in [0.2, 0.25) is 0 Å². The van der Waals surface area contributed by atoms with Crippen molar-refractivity contribution < 1.29 is 9.84 Å². The Morgan fingerprint density at radius 3 is 2.50 bits per heavy atom. The summed E-state index contributed by atoms with van der Waals surface area (Å²) in [5.74, 6) is 0.395. The van der Waals surface area contributed by atoms with Crippen LogP contribution < -0.4 is 11.1 Å². The molecular weight excluding hydrogens is 180 g/mol. The van der Waals surface area contributed by atoms with E-state index in [1.807, 2.05) is 0 Å². The molecule has 0 aliphatic heterocycles. The summed E-state index contributed by atoms with van der Waals surface area (Å²) in [5.41, 5.74) is 5.67. The second-order valence-corrected chi connectivity index (χ2v) is 3.85. The number of aliphatic hydroxyl groups excluding tert-OH is 1. The first-order valence-electron chi connectivity index (χ1n) is 5.21. The van der Waals surface area contributed by atoms with Gasteiger partial charge in [-0.25, -0.2) is 0 Å². The van der Waals surface area contributed by atoms with Gasteiger partial charge in [-0.1, -0.05) is 6.92 Å². The fraction of sp³-hybridized carbons (Fsp3) is 1.00. The van der Waals surface area contributed by atoms with Crippen molar-refractivity contribution in [3.05, 3.63) is 0 Å². The molecule has 0 rings (SSSR count). The van der Waals surface area contributed by atoms with Crippen LogP contribution in [0.3, 0.4) is 0 Å². The van der Waals surface area contributed by atoms with Crippen molar-refractivity contribution in [2.75, 3.05) is 26.9 Å². The minimum absolute atomic E-state index is 0.212. The molecule has 0 amide bonds. The number of nitrogens with one attached hydrogen (secondary N) is 1. The highest BCUT2D eigenvalue weighted by Gasteiger charge is 2.17. The zero-order chi connectivity index (χ0) is 11.0. The third kappa shape index (κ3) is 5.54. The summed E-state index contributed by atoms with van der Waals surface area (Å²) in [5, 5.41) is 12.2. The predicted octanol–water partition coefficient (Wildman–Crippen LogP) is -0.0433. The van der Waals surface area contributed by atoms with Crippen LogP contribution in [-0.4, -0.2) is 44.1 Å². The van der Waals surface area contributed by atoms with Crippen molar-refractivity contribution in [1.29, 1.82) is 0 Å². The zero-order valence-electron chi connectivity index (χ0n) is 9.49. The van der Waals surface area contributed by atoms with Gasteiger partial charge in [0.25, 0.3) is 0 Å². The van der Waals surface area contributed by atoms with Crippen molar-refractivity contribution in [2.24, 2.45) is 11.7 Å². The van der Waals surface area contributed by atoms with Gasteiger partial charge in [-0.05, 0) is 19.3 Å². The van der Waals surface area contributed by atoms with Crippen LogP contribution in [0.25, 0.3) is 0 Å². The molecule has 0 aliphatic carbocycles. The lowest BCUT2D eigenvalue weighted by Gasteiger charge is -2.26. The molecule has 86 valence electrons. The number of hydrogen-bond acceptors (Lipinski definition) is 4. The molecule has 0 spiro atoms. The number of aliphatic hydroxyl groups is 1. The van der Waals surface area contributed by atoms with Crippen LogP contribution in [0, 0.1) is 5.92 Å². The molecule has 0 aromatic carbocycles. The molecule has 0 aliphatic rings. The van der Waals surface area contributed by atoms with Crippen molar-refractivity contribution in [1.82, 2.24) is 5.32 Å². The maximum absolute atomic E-state index is 8.77. The van der Waals surface area contributed by atoms with E-state index in [2.05, 4.69) is 19.2 Å². The predicted molar refractivity (Wildman–Crippen MR) is 58.2 cm³/mol. The molecule has 0 bridgehead atoms. The first-order valence-corrected chi connectivity index (χ1v) is 5.21. The number of methoxy groups -OCH3 is 1. The molecule has 0 saturated heterocycles. The number of ether oxygens (including phenoxy) is 1. The minimum Gasteiger partial charge on any atom is -0.396 e. The molecule has 0 radical (unpaired) electrons. The fourth-order valence-corrected chi connectivity index (χ4v) is 1.49. The first kappa shape index (κ1) is 13.8. The molecule has 0 fully saturated rings. The van der Waals surface area contributed by atoms with E-state index in [-0.39, 0.29) is 12.6 Å². The molecule has 3 unspecified atom stereocenters. The Bertz CT molecular complexity index is 133. The van der Waals surface area contributed by atoms with E-state index in [0.29, 0.717) is 25.1 Å². The van der Waals surface area contributed by atoms with Gasteiger partial charge >= 0.3 is 0 Å². The summed E-state index contributed by atoms with van der Waals surface area (Å²) in [7, 11) is 1.70. The standard InChI is InChI=1S/C10H24N2O2/c1-8(7-14-3)10(6-11)12-9(2)4-5-13/h8-10,12-13H,4-7,11H2,1-3H3. The third-order valence-electron chi connectivity index (χ3n) is 2.43. The van der Waals surface area contributed by atoms with E-state index < -0.39 is 0 Å². The Labute approximate surface area is 86.8 Å². The van der Waals surface area contributed by atoms with Crippen molar-refractivity contribution in [3.63, 3.8) is 0 Å². The molecule has 14 heavy (non-hydrogen) atoms. The second kappa shape index (κ2) is 8.17. The topological polar surface area (TPSA) is 67.5 Å². The summed E-state index contributed by atoms with van der Waals surface area (Å²) in [6.45, 7) is 5.68. The minimum atomic E-state index is 0.212. The average Bonchev–Trinajstić information content (AvgIpc) is 2.15. The number of hydrogen-bond donors (Lipinski definition) is 3. The van der Waals surface area contributed by atoms with Crippen LogP contribution in [0.1, 0.15) is 20.3 Å². The van der Waals surface area contributed by atoms with Crippen molar-refractivity contribution in [3.8, 4) is 0 Å². The van der Waals surface area contributed by atoms with Gasteiger partial charge < -0.3 is 20.9 Å². The van der Waals surface area contributed by atoms with Gasteiger partial charge in [0, 0.05) is 32.3 Å². The molecule has 4 nitrogen and oxygen atoms in total. The Balaban J connectivity index is 3.87. The Morgan fingerprint density at radius 1 is 1.43 bits per heavy atom. The lowest BCUT2D eigenvalue weighted by atomic mass is 10.0. The smallest absolute Gasteiger partial charge is 0.0503 e. The fourth-order valence-electron chi connectivity index (χ4n) is 1.49. The van der Waals surface area contributed by atoms with Gasteiger partial charge in [0.05, 0.1) is 6.61 Å². The zero-order valence-corrected chi connectivity index (χ0v) is 9.49. The first-order chi connectivity index (χ1) is 6.65. The van der Waals surface area contributed by atoms with Gasteiger partial charge in [-0.15, -0.1) is 0 Å². The molecule has 0 aromatic heterocycles. The second-order valence-electron chi connectivity index (χ2n) is 3.85. The Morgan fingerprint density at radius 2 is 2.07 bits per heavy atom. The normalized spacial score (nSPS) is 17.8. The lowest BCUT2D eigenvalue weighted by Crippen LogP contribution is -2.47. The van der Waals surface area contributed by atoms with Crippen LogP contribution >= 0.6 is 0 Å². The van der Waals surface area contributed by atoms with Gasteiger partial charge in [-0.2, -0.15) is 0 Å². The van der Waals surface area contributed by atoms with Gasteiger partial charge in [0.2, 0.25) is 0 Å². The van der Waals surface area contributed by atoms with E-state index in [0.717, 1.165) is 6.42 Å². The highest BCUT2D eigenvalue weighted by Crippen LogP contribution is 2.04. The SMILES string of the molecule is COCC(C)C(CN)NC(C)CCO. The van der Waals surface area contributed by atoms with Crippen LogP contribution in [0.4, 0.5) is 0 Å². The molecule has 0 saturated carbocycles. The molecule has 4 heteroatoms. The Kier molecular flexibility index (Phi) is 8.08. The number of rotatable bonds is 8. The van der Waals surface area contributed by atoms with E-state index in [1.54, 1.807) is 7.11 Å². The molecule has 0 heterocycles. The maximum Gasteiger partial charge on any atom is 0.0503 e. The monoisotopic (exact) mass is 204 g/mol. The molecular formula is C10H24N2O2. The highest BCUT2D eigenvalue weighted by atomic mass is 16.5. The maximum atomic E-state index is 8.77. The van der Waals surface area contributed by atoms with Crippen LogP contribution in [0.5, 0.6) is 0 Å². The van der Waals surface area contributed by atoms with Gasteiger partial charge in [0.1, 0.15) is 0 Å². The summed E-state index contributed by atoms with van der Waals surface area (Å²) < 4.78 is 5.08.